The minimum absolute atomic E-state index is 0.000116. The lowest BCUT2D eigenvalue weighted by molar-refractivity contribution is -0.00931. The first-order chi connectivity index (χ1) is 13.8. The van der Waals surface area contributed by atoms with E-state index in [2.05, 4.69) is 29.6 Å². The molecule has 0 aliphatic carbocycles. The van der Waals surface area contributed by atoms with Gasteiger partial charge in [-0.05, 0) is 30.4 Å². The largest absolute Gasteiger partial charge is 0.382 e. The van der Waals surface area contributed by atoms with Gasteiger partial charge < -0.3 is 19.7 Å². The number of rotatable bonds is 8. The molecule has 1 N–H and O–H groups in total. The van der Waals surface area contributed by atoms with Crippen molar-refractivity contribution in [1.29, 1.82) is 0 Å². The molecule has 1 aliphatic heterocycles. The molecule has 150 valence electrons. The molecule has 5 heteroatoms. The van der Waals surface area contributed by atoms with E-state index in [1.807, 2.05) is 41.3 Å². The third kappa shape index (κ3) is 6.08. The number of carbonyl (C=O) groups excluding carboxylic acids is 1. The summed E-state index contributed by atoms with van der Waals surface area (Å²) in [7, 11) is 1.68. The molecule has 1 atom stereocenters. The Morgan fingerprint density at radius 1 is 1.04 bits per heavy atom. The van der Waals surface area contributed by atoms with Gasteiger partial charge in [0.25, 0.3) is 0 Å². The number of nitrogens with zero attached hydrogens (tertiary/aromatic N) is 1. The van der Waals surface area contributed by atoms with E-state index >= 15 is 0 Å². The highest BCUT2D eigenvalue weighted by Crippen LogP contribution is 2.20. The van der Waals surface area contributed by atoms with Gasteiger partial charge in [-0.1, -0.05) is 60.7 Å². The van der Waals surface area contributed by atoms with E-state index in [1.54, 1.807) is 7.11 Å². The van der Waals surface area contributed by atoms with Gasteiger partial charge in [-0.15, -0.1) is 0 Å². The topological polar surface area (TPSA) is 50.8 Å². The van der Waals surface area contributed by atoms with Crippen LogP contribution in [0.3, 0.4) is 0 Å². The van der Waals surface area contributed by atoms with Gasteiger partial charge in [-0.2, -0.15) is 0 Å². The third-order valence-corrected chi connectivity index (χ3v) is 5.15. The van der Waals surface area contributed by atoms with E-state index < -0.39 is 0 Å². The molecule has 3 rings (SSSR count). The molecule has 2 amide bonds. The first-order valence-corrected chi connectivity index (χ1v) is 10.0. The number of piperidine rings is 1. The number of carbonyl (C=O) groups is 1. The van der Waals surface area contributed by atoms with Crippen molar-refractivity contribution in [3.63, 3.8) is 0 Å². The van der Waals surface area contributed by atoms with Gasteiger partial charge in [0.1, 0.15) is 0 Å². The minimum atomic E-state index is -0.0493. The molecular formula is C23H30N2O3. The SMILES string of the molecule is COCCOC1CCN(C(=O)N[C@H](Cc2ccccc2)c2ccccc2)CC1. The quantitative estimate of drug-likeness (QED) is 0.707. The fourth-order valence-electron chi connectivity index (χ4n) is 3.55. The van der Waals surface area contributed by atoms with Crippen molar-refractivity contribution < 1.29 is 14.3 Å². The average molecular weight is 383 g/mol. The molecule has 0 radical (unpaired) electrons. The van der Waals surface area contributed by atoms with Crippen LogP contribution in [0, 0.1) is 0 Å². The fourth-order valence-corrected chi connectivity index (χ4v) is 3.55. The zero-order valence-electron chi connectivity index (χ0n) is 16.5. The van der Waals surface area contributed by atoms with Crippen LogP contribution in [-0.2, 0) is 15.9 Å². The van der Waals surface area contributed by atoms with Crippen LogP contribution in [0.15, 0.2) is 60.7 Å². The number of likely N-dealkylation sites (tertiary alicyclic amines) is 1. The number of nitrogens with one attached hydrogen (secondary N) is 1. The summed E-state index contributed by atoms with van der Waals surface area (Å²) in [6, 6.07) is 20.4. The Morgan fingerprint density at radius 2 is 1.68 bits per heavy atom. The van der Waals surface area contributed by atoms with Crippen LogP contribution in [0.1, 0.15) is 30.0 Å². The van der Waals surface area contributed by atoms with Crippen LogP contribution in [-0.4, -0.2) is 50.4 Å². The zero-order chi connectivity index (χ0) is 19.6. The molecule has 2 aromatic carbocycles. The van der Waals surface area contributed by atoms with Crippen molar-refractivity contribution >= 4 is 6.03 Å². The number of methoxy groups -OCH3 is 1. The molecule has 0 unspecified atom stereocenters. The smallest absolute Gasteiger partial charge is 0.317 e. The Hall–Kier alpha value is -2.37. The zero-order valence-corrected chi connectivity index (χ0v) is 16.5. The lowest BCUT2D eigenvalue weighted by atomic mass is 9.99. The van der Waals surface area contributed by atoms with E-state index in [0.717, 1.165) is 37.9 Å². The summed E-state index contributed by atoms with van der Waals surface area (Å²) < 4.78 is 10.8. The van der Waals surface area contributed by atoms with Crippen LogP contribution in [0.2, 0.25) is 0 Å². The van der Waals surface area contributed by atoms with Crippen LogP contribution < -0.4 is 5.32 Å². The van der Waals surface area contributed by atoms with Crippen LogP contribution in [0.4, 0.5) is 4.79 Å². The van der Waals surface area contributed by atoms with Crippen molar-refractivity contribution in [2.45, 2.75) is 31.4 Å². The molecule has 28 heavy (non-hydrogen) atoms. The standard InChI is InChI=1S/C23H30N2O3/c1-27-16-17-28-21-12-14-25(15-13-21)23(26)24-22(20-10-6-3-7-11-20)18-19-8-4-2-5-9-19/h2-11,21-22H,12-18H2,1H3,(H,24,26)/t22-/m1/s1. The van der Waals surface area contributed by atoms with Gasteiger partial charge in [-0.25, -0.2) is 4.79 Å². The molecule has 5 nitrogen and oxygen atoms in total. The summed E-state index contributed by atoms with van der Waals surface area (Å²) in [6.45, 7) is 2.66. The molecule has 1 saturated heterocycles. The number of hydrogen-bond donors (Lipinski definition) is 1. The number of benzene rings is 2. The van der Waals surface area contributed by atoms with E-state index in [-0.39, 0.29) is 18.2 Å². The van der Waals surface area contributed by atoms with Crippen molar-refractivity contribution in [2.24, 2.45) is 0 Å². The second kappa shape index (κ2) is 10.8. The van der Waals surface area contributed by atoms with Crippen molar-refractivity contribution in [3.05, 3.63) is 71.8 Å². The summed E-state index contributed by atoms with van der Waals surface area (Å²) in [5.74, 6) is 0. The molecule has 2 aromatic rings. The Bertz CT molecular complexity index is 700. The fraction of sp³-hybridized carbons (Fsp3) is 0.435. The molecule has 0 bridgehead atoms. The van der Waals surface area contributed by atoms with Gasteiger partial charge in [0.2, 0.25) is 0 Å². The third-order valence-electron chi connectivity index (χ3n) is 5.15. The molecular weight excluding hydrogens is 352 g/mol. The lowest BCUT2D eigenvalue weighted by Crippen LogP contribution is -2.47. The molecule has 1 fully saturated rings. The Kier molecular flexibility index (Phi) is 7.88. The summed E-state index contributed by atoms with van der Waals surface area (Å²) in [4.78, 5) is 14.8. The summed E-state index contributed by atoms with van der Waals surface area (Å²) in [5, 5.41) is 3.24. The first-order valence-electron chi connectivity index (χ1n) is 10.0. The Balaban J connectivity index is 1.57. The number of amides is 2. The second-order valence-corrected chi connectivity index (χ2v) is 7.15. The van der Waals surface area contributed by atoms with E-state index in [0.29, 0.717) is 13.2 Å². The van der Waals surface area contributed by atoms with Gasteiger partial charge in [0, 0.05) is 20.2 Å². The molecule has 0 aromatic heterocycles. The maximum Gasteiger partial charge on any atom is 0.317 e. The monoisotopic (exact) mass is 382 g/mol. The lowest BCUT2D eigenvalue weighted by Gasteiger charge is -2.33. The predicted molar refractivity (Wildman–Crippen MR) is 110 cm³/mol. The average Bonchev–Trinajstić information content (AvgIpc) is 2.75. The van der Waals surface area contributed by atoms with Crippen LogP contribution >= 0.6 is 0 Å². The van der Waals surface area contributed by atoms with Gasteiger partial charge >= 0.3 is 6.03 Å². The predicted octanol–water partition coefficient (Wildman–Crippen LogP) is 3.81. The van der Waals surface area contributed by atoms with Gasteiger partial charge in [0.15, 0.2) is 0 Å². The van der Waals surface area contributed by atoms with Crippen molar-refractivity contribution in [3.8, 4) is 0 Å². The van der Waals surface area contributed by atoms with E-state index in [4.69, 9.17) is 9.47 Å². The van der Waals surface area contributed by atoms with Gasteiger partial charge in [-0.3, -0.25) is 0 Å². The highest BCUT2D eigenvalue weighted by atomic mass is 16.5. The first kappa shape index (κ1) is 20.4. The summed E-state index contributed by atoms with van der Waals surface area (Å²) >= 11 is 0. The summed E-state index contributed by atoms with van der Waals surface area (Å²) in [5.41, 5.74) is 2.33. The maximum absolute atomic E-state index is 12.9. The van der Waals surface area contributed by atoms with Gasteiger partial charge in [0.05, 0.1) is 25.4 Å². The number of urea groups is 1. The van der Waals surface area contributed by atoms with E-state index in [1.165, 1.54) is 5.56 Å². The van der Waals surface area contributed by atoms with Crippen LogP contribution in [0.5, 0.6) is 0 Å². The molecule has 1 heterocycles. The highest BCUT2D eigenvalue weighted by molar-refractivity contribution is 5.75. The van der Waals surface area contributed by atoms with Crippen molar-refractivity contribution in [1.82, 2.24) is 10.2 Å². The molecule has 1 aliphatic rings. The highest BCUT2D eigenvalue weighted by Gasteiger charge is 2.25. The minimum Gasteiger partial charge on any atom is -0.382 e. The number of ether oxygens (including phenoxy) is 2. The molecule has 0 spiro atoms. The molecule has 0 saturated carbocycles. The number of hydrogen-bond acceptors (Lipinski definition) is 3. The normalized spacial score (nSPS) is 16.0. The maximum atomic E-state index is 12.9. The second-order valence-electron chi connectivity index (χ2n) is 7.15. The van der Waals surface area contributed by atoms with Crippen molar-refractivity contribution in [2.75, 3.05) is 33.4 Å². The van der Waals surface area contributed by atoms with E-state index in [9.17, 15) is 4.79 Å². The summed E-state index contributed by atoms with van der Waals surface area (Å²) in [6.07, 6.45) is 2.72. The van der Waals surface area contributed by atoms with Crippen LogP contribution in [0.25, 0.3) is 0 Å². The Morgan fingerprint density at radius 3 is 2.32 bits per heavy atom. The Labute approximate surface area is 167 Å².